The zero-order chi connectivity index (χ0) is 24.9. The van der Waals surface area contributed by atoms with Crippen LogP contribution >= 0.6 is 23.2 Å². The highest BCUT2D eigenvalue weighted by atomic mass is 35.5. The van der Waals surface area contributed by atoms with Crippen molar-refractivity contribution in [2.45, 2.75) is 18.9 Å². The number of aromatic hydroxyl groups is 1. The van der Waals surface area contributed by atoms with Crippen molar-refractivity contribution >= 4 is 34.8 Å². The number of phenols is 1. The highest BCUT2D eigenvalue weighted by Gasteiger charge is 2.27. The van der Waals surface area contributed by atoms with E-state index in [0.29, 0.717) is 10.0 Å². The van der Waals surface area contributed by atoms with Crippen LogP contribution in [-0.2, 0) is 4.79 Å². The van der Waals surface area contributed by atoms with Gasteiger partial charge in [0.25, 0.3) is 0 Å². The Hall–Kier alpha value is -2.73. The van der Waals surface area contributed by atoms with Gasteiger partial charge in [-0.05, 0) is 67.4 Å². The first kappa shape index (κ1) is 25.4. The summed E-state index contributed by atoms with van der Waals surface area (Å²) in [7, 11) is 3.75. The molecule has 7 heteroatoms. The van der Waals surface area contributed by atoms with Crippen LogP contribution in [-0.4, -0.2) is 61.1 Å². The number of amides is 1. The monoisotopic (exact) mass is 511 g/mol. The van der Waals surface area contributed by atoms with Gasteiger partial charge < -0.3 is 19.8 Å². The average Bonchev–Trinajstić information content (AvgIpc) is 3.37. The first-order valence-corrected chi connectivity index (χ1v) is 12.6. The molecule has 0 saturated carbocycles. The molecule has 0 radical (unpaired) electrons. The summed E-state index contributed by atoms with van der Waals surface area (Å²) in [6.45, 7) is 3.06. The van der Waals surface area contributed by atoms with Crippen LogP contribution in [0.3, 0.4) is 0 Å². The molecule has 184 valence electrons. The summed E-state index contributed by atoms with van der Waals surface area (Å²) in [5.74, 6) is 0.254. The van der Waals surface area contributed by atoms with Gasteiger partial charge in [-0.25, -0.2) is 0 Å². The van der Waals surface area contributed by atoms with E-state index >= 15 is 0 Å². The summed E-state index contributed by atoms with van der Waals surface area (Å²) in [5, 5.41) is 11.3. The molecule has 1 N–H and O–H groups in total. The van der Waals surface area contributed by atoms with E-state index in [4.69, 9.17) is 23.2 Å². The van der Waals surface area contributed by atoms with Gasteiger partial charge in [0.1, 0.15) is 5.75 Å². The summed E-state index contributed by atoms with van der Waals surface area (Å²) in [4.78, 5) is 19.6. The first-order chi connectivity index (χ1) is 16.8. The van der Waals surface area contributed by atoms with Crippen molar-refractivity contribution in [3.05, 3.63) is 82.3 Å². The van der Waals surface area contributed by atoms with Crippen LogP contribution in [0, 0.1) is 0 Å². The third-order valence-electron chi connectivity index (χ3n) is 6.69. The second-order valence-corrected chi connectivity index (χ2v) is 9.94. The number of carbonyl (C=O) groups excluding carboxylic acids is 1. The molecular formula is C28H31Cl2N3O2. The maximum Gasteiger partial charge on any atom is 0.242 e. The number of halogens is 2. The number of nitrogens with zero attached hydrogens (tertiary/aromatic N) is 3. The van der Waals surface area contributed by atoms with Crippen molar-refractivity contribution in [3.63, 3.8) is 0 Å². The Morgan fingerprint density at radius 2 is 1.71 bits per heavy atom. The maximum absolute atomic E-state index is 13.4. The maximum atomic E-state index is 13.4. The molecule has 1 unspecified atom stereocenters. The van der Waals surface area contributed by atoms with Crippen molar-refractivity contribution in [1.29, 1.82) is 0 Å². The van der Waals surface area contributed by atoms with Crippen molar-refractivity contribution in [1.82, 2.24) is 9.80 Å². The van der Waals surface area contributed by atoms with Gasteiger partial charge in [-0.15, -0.1) is 0 Å². The van der Waals surface area contributed by atoms with Crippen LogP contribution in [0.2, 0.25) is 10.0 Å². The summed E-state index contributed by atoms with van der Waals surface area (Å²) in [6.07, 6.45) is 2.37. The molecule has 3 aromatic rings. The van der Waals surface area contributed by atoms with Gasteiger partial charge in [-0.1, -0.05) is 59.6 Å². The van der Waals surface area contributed by atoms with Gasteiger partial charge in [0, 0.05) is 31.9 Å². The smallest absolute Gasteiger partial charge is 0.242 e. The normalized spacial score (nSPS) is 14.6. The lowest BCUT2D eigenvalue weighted by Gasteiger charge is -2.33. The zero-order valence-electron chi connectivity index (χ0n) is 20.1. The molecule has 35 heavy (non-hydrogen) atoms. The molecular weight excluding hydrogens is 481 g/mol. The van der Waals surface area contributed by atoms with E-state index in [1.807, 2.05) is 60.3 Å². The van der Waals surface area contributed by atoms with E-state index in [1.165, 1.54) is 12.8 Å². The second-order valence-electron chi connectivity index (χ2n) is 9.13. The Bertz CT molecular complexity index is 1180. The van der Waals surface area contributed by atoms with Crippen LogP contribution in [0.25, 0.3) is 11.1 Å². The number of para-hydroxylation sites is 1. The lowest BCUT2D eigenvalue weighted by molar-refractivity contribution is -0.131. The van der Waals surface area contributed by atoms with Gasteiger partial charge in [-0.2, -0.15) is 0 Å². The van der Waals surface area contributed by atoms with Gasteiger partial charge in [0.2, 0.25) is 5.91 Å². The van der Waals surface area contributed by atoms with Crippen LogP contribution in [0.1, 0.15) is 24.4 Å². The molecule has 0 aliphatic carbocycles. The fraction of sp³-hybridized carbons (Fsp3) is 0.321. The Balaban J connectivity index is 1.58. The SMILES string of the molecule is CN(CC(=O)N(C)C(CN1CCCC1)c1cccc(-c2ccccc2O)c1)c1ccc(Cl)c(Cl)c1. The molecule has 0 aromatic heterocycles. The van der Waals surface area contributed by atoms with E-state index in [2.05, 4.69) is 17.0 Å². The molecule has 4 rings (SSSR count). The molecule has 1 fully saturated rings. The summed E-state index contributed by atoms with van der Waals surface area (Å²) < 4.78 is 0. The van der Waals surface area contributed by atoms with E-state index in [0.717, 1.165) is 42.0 Å². The minimum atomic E-state index is -0.117. The molecule has 1 saturated heterocycles. The van der Waals surface area contributed by atoms with Gasteiger partial charge in [-0.3, -0.25) is 4.79 Å². The highest BCUT2D eigenvalue weighted by molar-refractivity contribution is 6.42. The lowest BCUT2D eigenvalue weighted by atomic mass is 9.97. The molecule has 1 aliphatic rings. The fourth-order valence-corrected chi connectivity index (χ4v) is 4.89. The number of rotatable bonds is 8. The number of benzene rings is 3. The Labute approximate surface area is 217 Å². The molecule has 0 spiro atoms. The van der Waals surface area contributed by atoms with Gasteiger partial charge in [0.15, 0.2) is 0 Å². The van der Waals surface area contributed by atoms with E-state index in [9.17, 15) is 9.90 Å². The quantitative estimate of drug-likeness (QED) is 0.397. The van der Waals surface area contributed by atoms with Crippen LogP contribution in [0.5, 0.6) is 5.75 Å². The van der Waals surface area contributed by atoms with Gasteiger partial charge >= 0.3 is 0 Å². The number of likely N-dealkylation sites (tertiary alicyclic amines) is 1. The molecule has 1 heterocycles. The summed E-state index contributed by atoms with van der Waals surface area (Å²) in [5.41, 5.74) is 3.59. The van der Waals surface area contributed by atoms with Crippen molar-refractivity contribution < 1.29 is 9.90 Å². The number of likely N-dealkylation sites (N-methyl/N-ethyl adjacent to an activating group) is 2. The number of anilines is 1. The largest absolute Gasteiger partial charge is 0.507 e. The number of hydrogen-bond donors (Lipinski definition) is 1. The Morgan fingerprint density at radius 3 is 2.43 bits per heavy atom. The second kappa shape index (κ2) is 11.3. The highest BCUT2D eigenvalue weighted by Crippen LogP contribution is 2.32. The Morgan fingerprint density at radius 1 is 0.971 bits per heavy atom. The molecule has 3 aromatic carbocycles. The fourth-order valence-electron chi connectivity index (χ4n) is 4.59. The van der Waals surface area contributed by atoms with Gasteiger partial charge in [0.05, 0.1) is 22.6 Å². The lowest BCUT2D eigenvalue weighted by Crippen LogP contribution is -2.42. The van der Waals surface area contributed by atoms with Crippen LogP contribution in [0.15, 0.2) is 66.7 Å². The van der Waals surface area contributed by atoms with E-state index in [1.54, 1.807) is 18.2 Å². The third-order valence-corrected chi connectivity index (χ3v) is 7.43. The predicted octanol–water partition coefficient (Wildman–Crippen LogP) is 6.10. The van der Waals surface area contributed by atoms with Crippen molar-refractivity contribution in [2.75, 3.05) is 45.2 Å². The average molecular weight is 512 g/mol. The van der Waals surface area contributed by atoms with Crippen molar-refractivity contribution in [3.8, 4) is 16.9 Å². The Kier molecular flexibility index (Phi) is 8.22. The molecule has 1 aliphatic heterocycles. The number of hydrogen-bond acceptors (Lipinski definition) is 4. The minimum Gasteiger partial charge on any atom is -0.507 e. The molecule has 1 amide bonds. The van der Waals surface area contributed by atoms with Crippen LogP contribution < -0.4 is 4.90 Å². The van der Waals surface area contributed by atoms with E-state index in [-0.39, 0.29) is 24.2 Å². The zero-order valence-corrected chi connectivity index (χ0v) is 21.6. The van der Waals surface area contributed by atoms with Crippen LogP contribution in [0.4, 0.5) is 5.69 Å². The number of phenolic OH excluding ortho intramolecular Hbond substituents is 1. The topological polar surface area (TPSA) is 47.0 Å². The van der Waals surface area contributed by atoms with E-state index < -0.39 is 0 Å². The predicted molar refractivity (Wildman–Crippen MR) is 144 cm³/mol. The molecule has 5 nitrogen and oxygen atoms in total. The molecule has 0 bridgehead atoms. The minimum absolute atomic E-state index is 0.00994. The first-order valence-electron chi connectivity index (χ1n) is 11.9. The molecule has 1 atom stereocenters. The number of carbonyl (C=O) groups is 1. The standard InChI is InChI=1S/C28H31Cl2N3O2/c1-31(22-12-13-24(29)25(30)17-22)19-28(35)32(2)26(18-33-14-5-6-15-33)21-9-7-8-20(16-21)23-10-3-4-11-27(23)34/h3-4,7-13,16-17,26,34H,5-6,14-15,18-19H2,1-2H3. The summed E-state index contributed by atoms with van der Waals surface area (Å²) in [6, 6.07) is 20.7. The third kappa shape index (κ3) is 6.10. The summed E-state index contributed by atoms with van der Waals surface area (Å²) >= 11 is 12.2. The van der Waals surface area contributed by atoms with Crippen molar-refractivity contribution in [2.24, 2.45) is 0 Å².